The maximum absolute atomic E-state index is 12.1. The quantitative estimate of drug-likeness (QED) is 0.895. The SMILES string of the molecule is Cc1c([C@H]2OCC[C@@H]2NC(=O)COc2cccnc2)cnn1C. The standard InChI is InChI=1S/C16H20N4O3/c1-11-13(9-18-20(11)2)16-14(5-7-22-16)19-15(21)10-23-12-4-3-6-17-8-12/h3-4,6,8-9,14,16H,5,7,10H2,1-2H3,(H,19,21)/t14-,16+/m0/s1. The summed E-state index contributed by atoms with van der Waals surface area (Å²) in [7, 11) is 1.89. The Morgan fingerprint density at radius 1 is 1.52 bits per heavy atom. The van der Waals surface area contributed by atoms with Crippen LogP contribution in [0.15, 0.2) is 30.7 Å². The van der Waals surface area contributed by atoms with Crippen LogP contribution < -0.4 is 10.1 Å². The molecule has 0 aliphatic carbocycles. The summed E-state index contributed by atoms with van der Waals surface area (Å²) in [6, 6.07) is 3.46. The highest BCUT2D eigenvalue weighted by Crippen LogP contribution is 2.30. The van der Waals surface area contributed by atoms with Gasteiger partial charge in [-0.2, -0.15) is 5.10 Å². The van der Waals surface area contributed by atoms with Crippen molar-refractivity contribution in [3.8, 4) is 5.75 Å². The van der Waals surface area contributed by atoms with Crippen LogP contribution in [-0.2, 0) is 16.6 Å². The fraction of sp³-hybridized carbons (Fsp3) is 0.438. The molecule has 0 bridgehead atoms. The van der Waals surface area contributed by atoms with Crippen molar-refractivity contribution >= 4 is 5.91 Å². The van der Waals surface area contributed by atoms with Crippen molar-refractivity contribution in [2.45, 2.75) is 25.5 Å². The van der Waals surface area contributed by atoms with Crippen molar-refractivity contribution in [2.24, 2.45) is 7.05 Å². The molecular formula is C16H20N4O3. The molecule has 1 N–H and O–H groups in total. The normalized spacial score (nSPS) is 20.4. The maximum Gasteiger partial charge on any atom is 0.258 e. The minimum Gasteiger partial charge on any atom is -0.482 e. The summed E-state index contributed by atoms with van der Waals surface area (Å²) >= 11 is 0. The van der Waals surface area contributed by atoms with Gasteiger partial charge in [-0.05, 0) is 25.5 Å². The van der Waals surface area contributed by atoms with E-state index in [1.807, 2.05) is 14.0 Å². The van der Waals surface area contributed by atoms with Crippen molar-refractivity contribution in [1.29, 1.82) is 0 Å². The van der Waals surface area contributed by atoms with Gasteiger partial charge in [0.2, 0.25) is 0 Å². The zero-order chi connectivity index (χ0) is 16.2. The van der Waals surface area contributed by atoms with Gasteiger partial charge in [-0.1, -0.05) is 0 Å². The first-order valence-corrected chi connectivity index (χ1v) is 7.57. The van der Waals surface area contributed by atoms with Crippen molar-refractivity contribution in [2.75, 3.05) is 13.2 Å². The Morgan fingerprint density at radius 3 is 3.09 bits per heavy atom. The number of ether oxygens (including phenoxy) is 2. The molecule has 7 heteroatoms. The second kappa shape index (κ2) is 6.78. The highest BCUT2D eigenvalue weighted by molar-refractivity contribution is 5.78. The second-order valence-corrected chi connectivity index (χ2v) is 5.54. The molecule has 1 amide bonds. The largest absolute Gasteiger partial charge is 0.482 e. The number of aromatic nitrogens is 3. The van der Waals surface area contributed by atoms with Crippen LogP contribution in [0.5, 0.6) is 5.75 Å². The zero-order valence-corrected chi connectivity index (χ0v) is 13.2. The van der Waals surface area contributed by atoms with Crippen LogP contribution >= 0.6 is 0 Å². The lowest BCUT2D eigenvalue weighted by Gasteiger charge is -2.20. The van der Waals surface area contributed by atoms with Crippen LogP contribution in [0.1, 0.15) is 23.8 Å². The van der Waals surface area contributed by atoms with E-state index in [1.54, 1.807) is 35.4 Å². The first kappa shape index (κ1) is 15.5. The van der Waals surface area contributed by atoms with E-state index in [1.165, 1.54) is 0 Å². The molecule has 0 unspecified atom stereocenters. The average Bonchev–Trinajstić information content (AvgIpc) is 3.14. The fourth-order valence-corrected chi connectivity index (χ4v) is 2.67. The van der Waals surface area contributed by atoms with E-state index >= 15 is 0 Å². The molecule has 122 valence electrons. The third kappa shape index (κ3) is 3.50. The Labute approximate surface area is 134 Å². The van der Waals surface area contributed by atoms with Gasteiger partial charge < -0.3 is 14.8 Å². The number of rotatable bonds is 5. The predicted octanol–water partition coefficient (Wildman–Crippen LogP) is 1.15. The van der Waals surface area contributed by atoms with Crippen LogP contribution in [0, 0.1) is 6.92 Å². The van der Waals surface area contributed by atoms with Crippen LogP contribution in [0.25, 0.3) is 0 Å². The number of hydrogen-bond donors (Lipinski definition) is 1. The van der Waals surface area contributed by atoms with E-state index in [4.69, 9.17) is 9.47 Å². The number of amides is 1. The van der Waals surface area contributed by atoms with Crippen molar-refractivity contribution in [3.63, 3.8) is 0 Å². The van der Waals surface area contributed by atoms with E-state index in [9.17, 15) is 4.79 Å². The van der Waals surface area contributed by atoms with E-state index in [0.29, 0.717) is 12.4 Å². The first-order valence-electron chi connectivity index (χ1n) is 7.57. The summed E-state index contributed by atoms with van der Waals surface area (Å²) in [5, 5.41) is 7.23. The van der Waals surface area contributed by atoms with Gasteiger partial charge in [-0.15, -0.1) is 0 Å². The smallest absolute Gasteiger partial charge is 0.258 e. The molecule has 1 aliphatic rings. The summed E-state index contributed by atoms with van der Waals surface area (Å²) in [5.41, 5.74) is 2.06. The third-order valence-corrected chi connectivity index (χ3v) is 4.02. The van der Waals surface area contributed by atoms with Gasteiger partial charge in [-0.25, -0.2) is 0 Å². The van der Waals surface area contributed by atoms with Crippen molar-refractivity contribution < 1.29 is 14.3 Å². The zero-order valence-electron chi connectivity index (χ0n) is 13.2. The number of carbonyl (C=O) groups is 1. The number of nitrogens with zero attached hydrogens (tertiary/aromatic N) is 3. The molecule has 1 fully saturated rings. The summed E-state index contributed by atoms with van der Waals surface area (Å²) in [4.78, 5) is 16.1. The van der Waals surface area contributed by atoms with Crippen LogP contribution in [0.2, 0.25) is 0 Å². The Morgan fingerprint density at radius 2 is 2.39 bits per heavy atom. The monoisotopic (exact) mass is 316 g/mol. The molecule has 2 aromatic heterocycles. The molecule has 0 aromatic carbocycles. The number of aryl methyl sites for hydroxylation is 1. The molecule has 2 atom stereocenters. The number of hydrogen-bond acceptors (Lipinski definition) is 5. The van der Waals surface area contributed by atoms with Crippen LogP contribution in [0.3, 0.4) is 0 Å². The molecule has 3 rings (SSSR count). The van der Waals surface area contributed by atoms with Crippen LogP contribution in [-0.4, -0.2) is 39.9 Å². The van der Waals surface area contributed by atoms with E-state index in [2.05, 4.69) is 15.4 Å². The maximum atomic E-state index is 12.1. The summed E-state index contributed by atoms with van der Waals surface area (Å²) in [6.07, 6.45) is 5.65. The summed E-state index contributed by atoms with van der Waals surface area (Å²) < 4.78 is 13.0. The van der Waals surface area contributed by atoms with E-state index in [0.717, 1.165) is 17.7 Å². The van der Waals surface area contributed by atoms with E-state index < -0.39 is 0 Å². The lowest BCUT2D eigenvalue weighted by molar-refractivity contribution is -0.124. The molecule has 3 heterocycles. The number of pyridine rings is 1. The molecule has 23 heavy (non-hydrogen) atoms. The minimum atomic E-state index is -0.170. The first-order chi connectivity index (χ1) is 11.1. The highest BCUT2D eigenvalue weighted by atomic mass is 16.5. The Bertz CT molecular complexity index is 671. The van der Waals surface area contributed by atoms with Gasteiger partial charge in [0.15, 0.2) is 6.61 Å². The number of carbonyl (C=O) groups excluding carboxylic acids is 1. The van der Waals surface area contributed by atoms with Crippen LogP contribution in [0.4, 0.5) is 0 Å². The lowest BCUT2D eigenvalue weighted by atomic mass is 10.0. The highest BCUT2D eigenvalue weighted by Gasteiger charge is 2.33. The topological polar surface area (TPSA) is 78.3 Å². The van der Waals surface area contributed by atoms with Gasteiger partial charge >= 0.3 is 0 Å². The predicted molar refractivity (Wildman–Crippen MR) is 82.9 cm³/mol. The van der Waals surface area contributed by atoms with Crippen molar-refractivity contribution in [3.05, 3.63) is 42.0 Å². The Kier molecular flexibility index (Phi) is 4.57. The molecule has 0 radical (unpaired) electrons. The van der Waals surface area contributed by atoms with Gasteiger partial charge in [0.05, 0.1) is 18.4 Å². The molecule has 0 spiro atoms. The Hall–Kier alpha value is -2.41. The lowest BCUT2D eigenvalue weighted by Crippen LogP contribution is -2.39. The molecule has 2 aromatic rings. The molecule has 0 saturated carbocycles. The van der Waals surface area contributed by atoms with E-state index in [-0.39, 0.29) is 24.7 Å². The molecular weight excluding hydrogens is 296 g/mol. The fourth-order valence-electron chi connectivity index (χ4n) is 2.67. The third-order valence-electron chi connectivity index (χ3n) is 4.02. The van der Waals surface area contributed by atoms with Gasteiger partial charge in [0, 0.05) is 31.1 Å². The number of nitrogens with one attached hydrogen (secondary N) is 1. The van der Waals surface area contributed by atoms with Gasteiger partial charge in [0.25, 0.3) is 5.91 Å². The second-order valence-electron chi connectivity index (χ2n) is 5.54. The Balaban J connectivity index is 1.58. The molecule has 1 aliphatic heterocycles. The molecule has 7 nitrogen and oxygen atoms in total. The van der Waals surface area contributed by atoms with Crippen molar-refractivity contribution in [1.82, 2.24) is 20.1 Å². The molecule has 1 saturated heterocycles. The summed E-state index contributed by atoms with van der Waals surface area (Å²) in [6.45, 7) is 2.57. The average molecular weight is 316 g/mol. The van der Waals surface area contributed by atoms with Gasteiger partial charge in [-0.3, -0.25) is 14.5 Å². The minimum absolute atomic E-state index is 0.0407. The summed E-state index contributed by atoms with van der Waals surface area (Å²) in [5.74, 6) is 0.404. The van der Waals surface area contributed by atoms with Gasteiger partial charge in [0.1, 0.15) is 11.9 Å².